The van der Waals surface area contributed by atoms with E-state index in [1.165, 1.54) is 0 Å². The van der Waals surface area contributed by atoms with Gasteiger partial charge in [-0.3, -0.25) is 19.2 Å². The van der Waals surface area contributed by atoms with Gasteiger partial charge in [0, 0.05) is 70.5 Å². The van der Waals surface area contributed by atoms with Crippen LogP contribution in [0, 0.1) is 0 Å². The van der Waals surface area contributed by atoms with Gasteiger partial charge in [-0.25, -0.2) is 9.97 Å². The molecular weight excluding hydrogens is 1170 g/mol. The number of rotatable bonds is 36. The summed E-state index contributed by atoms with van der Waals surface area (Å²) in [6.07, 6.45) is 21.4. The van der Waals surface area contributed by atoms with Gasteiger partial charge in [0.15, 0.2) is 0 Å². The number of esters is 4. The summed E-state index contributed by atoms with van der Waals surface area (Å²) >= 11 is 0. The molecule has 0 fully saturated rings. The summed E-state index contributed by atoms with van der Waals surface area (Å²) in [6.45, 7) is 10.3. The number of aryl methyl sites for hydroxylation is 4. The molecule has 9 rings (SSSR count). The van der Waals surface area contributed by atoms with Crippen molar-refractivity contribution in [2.75, 3.05) is 26.4 Å². The van der Waals surface area contributed by atoms with Crippen molar-refractivity contribution in [3.63, 3.8) is 0 Å². The van der Waals surface area contributed by atoms with Crippen molar-refractivity contribution in [2.45, 2.75) is 207 Å². The predicted octanol–water partition coefficient (Wildman–Crippen LogP) is 15.9. The molecule has 0 amide bonds. The Hall–Kier alpha value is -7.26. The van der Waals surface area contributed by atoms with E-state index in [1.54, 1.807) is 0 Å². The minimum Gasteiger partial charge on any atom is -0.466 e. The fraction of sp³-hybridized carbons (Fsp3) is 0.500. The molecule has 2 aliphatic rings. The topological polar surface area (TPSA) is 211 Å². The van der Waals surface area contributed by atoms with Gasteiger partial charge in [0.25, 0.3) is 0 Å². The fourth-order valence-electron chi connectivity index (χ4n) is 11.7. The van der Waals surface area contributed by atoms with Crippen LogP contribution in [0.2, 0.25) is 0 Å². The molecule has 7 aromatic rings. The molecule has 0 saturated heterocycles. The van der Waals surface area contributed by atoms with E-state index in [2.05, 4.69) is 52.0 Å². The van der Waals surface area contributed by atoms with Crippen molar-refractivity contribution in [3.8, 4) is 45.6 Å². The van der Waals surface area contributed by atoms with E-state index in [-0.39, 0.29) is 43.4 Å². The van der Waals surface area contributed by atoms with Gasteiger partial charge in [0.05, 0.1) is 49.7 Å². The number of benzene rings is 4. The van der Waals surface area contributed by atoms with Crippen molar-refractivity contribution >= 4 is 68.0 Å². The number of ether oxygens (including phenoxy) is 4. The standard InChI is InChI=1S/C72H88N8O8.Zn/c1-5-9-21-45-85-57(81)41-17-13-29-49-33-25-37-53-61(49)69-73-65(53)78-70-63-51(31-15-19-43-59(83)87-47-23-11-7-3)35-27-39-55(63)67(75-70)80-72-64-52(32-16-20-44-60(84)88-48-24-12-8-4)36-28-40-56(64)68(76-72)79-71-62-50(34-26-38-54(62)66(74-71)77-69)30-14-18-42-58(82)86-46-22-10-6-2;/h25-28,33-40H,5-24,29-32,41-48H2,1-4H3;/q-2;+2. The van der Waals surface area contributed by atoms with Crippen molar-refractivity contribution < 1.29 is 57.6 Å². The third kappa shape index (κ3) is 18.4. The zero-order valence-corrected chi connectivity index (χ0v) is 56.1. The molecule has 5 heterocycles. The van der Waals surface area contributed by atoms with E-state index in [1.807, 2.05) is 48.5 Å². The summed E-state index contributed by atoms with van der Waals surface area (Å²) in [7, 11) is 0. The first-order chi connectivity index (χ1) is 43.2. The number of fused-ring (bicyclic) bond motifs is 20. The number of unbranched alkanes of at least 4 members (excludes halogenated alkanes) is 12. The summed E-state index contributed by atoms with van der Waals surface area (Å²) < 4.78 is 22.2. The molecule has 17 heteroatoms. The molecular formula is C72H88N8O8Zn. The Morgan fingerprint density at radius 3 is 0.978 bits per heavy atom. The van der Waals surface area contributed by atoms with E-state index in [0.29, 0.717) is 149 Å². The van der Waals surface area contributed by atoms with Gasteiger partial charge in [0.1, 0.15) is 0 Å². The van der Waals surface area contributed by atoms with E-state index in [0.717, 1.165) is 169 Å². The molecule has 0 unspecified atom stereocenters. The summed E-state index contributed by atoms with van der Waals surface area (Å²) in [6, 6.07) is 24.6. The Morgan fingerprint density at radius 2 is 0.640 bits per heavy atom. The first-order valence-electron chi connectivity index (χ1n) is 33.0. The number of aromatic nitrogens is 8. The van der Waals surface area contributed by atoms with E-state index in [4.69, 9.17) is 58.8 Å². The first-order valence-corrected chi connectivity index (χ1v) is 33.0. The van der Waals surface area contributed by atoms with Crippen LogP contribution < -0.4 is 9.97 Å². The Morgan fingerprint density at radius 1 is 0.337 bits per heavy atom. The van der Waals surface area contributed by atoms with E-state index >= 15 is 0 Å². The van der Waals surface area contributed by atoms with Crippen molar-refractivity contribution in [2.24, 2.45) is 0 Å². The average molecular weight is 1260 g/mol. The minimum atomic E-state index is -0.175. The second-order valence-corrected chi connectivity index (χ2v) is 23.4. The number of nitrogens with zero attached hydrogens (tertiary/aromatic N) is 8. The van der Waals surface area contributed by atoms with Gasteiger partial charge in [-0.2, -0.15) is 0 Å². The van der Waals surface area contributed by atoms with Crippen molar-refractivity contribution in [1.29, 1.82) is 0 Å². The third-order valence-corrected chi connectivity index (χ3v) is 16.5. The van der Waals surface area contributed by atoms with Crippen LogP contribution in [0.4, 0.5) is 0 Å². The zero-order valence-electron chi connectivity index (χ0n) is 53.1. The van der Waals surface area contributed by atoms with Crippen LogP contribution in [0.15, 0.2) is 72.8 Å². The SMILES string of the molecule is CCCCCOC(=O)CCCCc1cccc2c1-c1nc-2nc2[n-]c(nc3nc(nc4[n-]c(n1)c1cccc(CCCCC(=O)OCCCCC)c41)-c1cccc(CCCCC(=O)OCCCCC)c1-3)c1cccc(CCCCC(=O)OCCCCC)c21.[Zn+2]. The molecule has 0 atom stereocenters. The monoisotopic (exact) mass is 1260 g/mol. The summed E-state index contributed by atoms with van der Waals surface area (Å²) in [4.78, 5) is 94.0. The quantitative estimate of drug-likeness (QED) is 0.0155. The summed E-state index contributed by atoms with van der Waals surface area (Å²) in [5.74, 6) is 1.10. The molecule has 8 bridgehead atoms. The molecule has 0 radical (unpaired) electrons. The minimum absolute atomic E-state index is 0. The molecule has 3 aromatic heterocycles. The van der Waals surface area contributed by atoms with Gasteiger partial charge < -0.3 is 48.9 Å². The number of carbonyl (C=O) groups excluding carboxylic acids is 4. The van der Waals surface area contributed by atoms with Gasteiger partial charge in [-0.05, 0) is 147 Å². The first kappa shape index (κ1) is 67.7. The van der Waals surface area contributed by atoms with Gasteiger partial charge in [-0.15, -0.1) is 0 Å². The van der Waals surface area contributed by atoms with Crippen LogP contribution in [0.25, 0.3) is 89.7 Å². The van der Waals surface area contributed by atoms with Crippen LogP contribution >= 0.6 is 0 Å². The molecule has 0 N–H and O–H groups in total. The van der Waals surface area contributed by atoms with Crippen LogP contribution in [-0.4, -0.2) is 80.2 Å². The molecule has 16 nitrogen and oxygen atoms in total. The predicted molar refractivity (Wildman–Crippen MR) is 346 cm³/mol. The zero-order chi connectivity index (χ0) is 61.5. The summed E-state index contributed by atoms with van der Waals surface area (Å²) in [5, 5.41) is 3.28. The average Bonchev–Trinajstić information content (AvgIpc) is 1.68. The molecule has 4 aromatic carbocycles. The van der Waals surface area contributed by atoms with Crippen LogP contribution in [0.1, 0.15) is 204 Å². The molecule has 2 aliphatic heterocycles. The smallest absolute Gasteiger partial charge is 0.466 e. The van der Waals surface area contributed by atoms with E-state index in [9.17, 15) is 19.2 Å². The summed E-state index contributed by atoms with van der Waals surface area (Å²) in [5.41, 5.74) is 9.15. The van der Waals surface area contributed by atoms with Gasteiger partial charge in [-0.1, -0.05) is 152 Å². The normalized spacial score (nSPS) is 11.6. The van der Waals surface area contributed by atoms with Crippen molar-refractivity contribution in [1.82, 2.24) is 39.9 Å². The van der Waals surface area contributed by atoms with Gasteiger partial charge in [0.2, 0.25) is 0 Å². The maximum atomic E-state index is 12.8. The Kier molecular flexibility index (Phi) is 26.8. The van der Waals surface area contributed by atoms with E-state index < -0.39 is 0 Å². The second kappa shape index (κ2) is 35.2. The third-order valence-electron chi connectivity index (χ3n) is 16.5. The molecule has 0 saturated carbocycles. The Balaban J connectivity index is 0.0000102. The fourth-order valence-corrected chi connectivity index (χ4v) is 11.7. The maximum Gasteiger partial charge on any atom is 2.00 e. The van der Waals surface area contributed by atoms with Crippen LogP contribution in [-0.2, 0) is 83.3 Å². The largest absolute Gasteiger partial charge is 2.00 e. The molecule has 466 valence electrons. The Bertz CT molecular complexity index is 3450. The molecule has 0 aliphatic carbocycles. The maximum absolute atomic E-state index is 12.8. The van der Waals surface area contributed by atoms with Crippen LogP contribution in [0.3, 0.4) is 0 Å². The molecule has 0 spiro atoms. The number of hydrogen-bond donors (Lipinski definition) is 0. The Labute approximate surface area is 537 Å². The van der Waals surface area contributed by atoms with Crippen molar-refractivity contribution in [3.05, 3.63) is 95.1 Å². The van der Waals surface area contributed by atoms with Gasteiger partial charge >= 0.3 is 43.4 Å². The number of hydrogen-bond acceptors (Lipinski definition) is 14. The second-order valence-electron chi connectivity index (χ2n) is 23.4. The number of carbonyl (C=O) groups is 4. The molecule has 89 heavy (non-hydrogen) atoms. The van der Waals surface area contributed by atoms with Crippen LogP contribution in [0.5, 0.6) is 0 Å².